The molecule has 2 N–H and O–H groups in total. The second kappa shape index (κ2) is 6.03. The minimum Gasteiger partial charge on any atom is -0.492 e. The number of benzene rings is 1. The van der Waals surface area contributed by atoms with E-state index >= 15 is 0 Å². The monoisotopic (exact) mass is 234 g/mol. The SMILES string of the molecule is CC1CCN(CCOc2cccc(CN)c2)C1. The molecule has 94 valence electrons. The highest BCUT2D eigenvalue weighted by Gasteiger charge is 2.17. The van der Waals surface area contributed by atoms with Gasteiger partial charge in [0.2, 0.25) is 0 Å². The molecule has 0 amide bonds. The summed E-state index contributed by atoms with van der Waals surface area (Å²) in [5, 5.41) is 0. The Bertz CT molecular complexity index is 354. The normalized spacial score (nSPS) is 20.7. The first-order valence-electron chi connectivity index (χ1n) is 6.42. The molecule has 1 aromatic rings. The molecule has 1 saturated heterocycles. The summed E-state index contributed by atoms with van der Waals surface area (Å²) in [6, 6.07) is 8.03. The molecule has 0 saturated carbocycles. The molecule has 0 aromatic heterocycles. The Morgan fingerprint density at radius 2 is 2.35 bits per heavy atom. The van der Waals surface area contributed by atoms with E-state index in [1.807, 2.05) is 24.3 Å². The van der Waals surface area contributed by atoms with Crippen molar-refractivity contribution in [3.8, 4) is 5.75 Å². The zero-order valence-electron chi connectivity index (χ0n) is 10.6. The predicted octanol–water partition coefficient (Wildman–Crippen LogP) is 1.87. The van der Waals surface area contributed by atoms with Crippen LogP contribution in [0.3, 0.4) is 0 Å². The van der Waals surface area contributed by atoms with Gasteiger partial charge < -0.3 is 10.5 Å². The number of hydrogen-bond acceptors (Lipinski definition) is 3. The molecule has 3 nitrogen and oxygen atoms in total. The number of ether oxygens (including phenoxy) is 1. The van der Waals surface area contributed by atoms with Crippen molar-refractivity contribution in [1.29, 1.82) is 0 Å². The van der Waals surface area contributed by atoms with Crippen LogP contribution < -0.4 is 10.5 Å². The van der Waals surface area contributed by atoms with E-state index in [1.54, 1.807) is 0 Å². The summed E-state index contributed by atoms with van der Waals surface area (Å²) in [5.74, 6) is 1.77. The van der Waals surface area contributed by atoms with Gasteiger partial charge in [-0.05, 0) is 36.6 Å². The van der Waals surface area contributed by atoms with Crippen molar-refractivity contribution < 1.29 is 4.74 Å². The van der Waals surface area contributed by atoms with Crippen LogP contribution in [0.2, 0.25) is 0 Å². The lowest BCUT2D eigenvalue weighted by atomic mass is 10.2. The van der Waals surface area contributed by atoms with Crippen LogP contribution in [-0.2, 0) is 6.54 Å². The standard InChI is InChI=1S/C14H22N2O/c1-12-5-6-16(11-12)7-8-17-14-4-2-3-13(9-14)10-15/h2-4,9,12H,5-8,10-11,15H2,1H3. The molecule has 1 unspecified atom stereocenters. The second-order valence-electron chi connectivity index (χ2n) is 4.89. The number of hydrogen-bond donors (Lipinski definition) is 1. The maximum Gasteiger partial charge on any atom is 0.119 e. The lowest BCUT2D eigenvalue weighted by Gasteiger charge is -2.15. The van der Waals surface area contributed by atoms with Crippen molar-refractivity contribution in [2.45, 2.75) is 19.9 Å². The van der Waals surface area contributed by atoms with Gasteiger partial charge >= 0.3 is 0 Å². The molecule has 1 aliphatic heterocycles. The van der Waals surface area contributed by atoms with Crippen molar-refractivity contribution in [2.24, 2.45) is 11.7 Å². The van der Waals surface area contributed by atoms with E-state index in [1.165, 1.54) is 19.5 Å². The summed E-state index contributed by atoms with van der Waals surface area (Å²) in [6.07, 6.45) is 1.32. The van der Waals surface area contributed by atoms with E-state index in [9.17, 15) is 0 Å². The van der Waals surface area contributed by atoms with Gasteiger partial charge in [-0.3, -0.25) is 4.90 Å². The largest absolute Gasteiger partial charge is 0.492 e. The first kappa shape index (κ1) is 12.4. The molecule has 0 bridgehead atoms. The quantitative estimate of drug-likeness (QED) is 0.845. The molecule has 1 atom stereocenters. The van der Waals surface area contributed by atoms with Crippen LogP contribution in [0, 0.1) is 5.92 Å². The van der Waals surface area contributed by atoms with E-state index in [0.29, 0.717) is 6.54 Å². The molecule has 1 fully saturated rings. The maximum absolute atomic E-state index is 5.75. The van der Waals surface area contributed by atoms with Gasteiger partial charge in [0.25, 0.3) is 0 Å². The summed E-state index contributed by atoms with van der Waals surface area (Å²) in [4.78, 5) is 2.47. The van der Waals surface area contributed by atoms with Crippen LogP contribution >= 0.6 is 0 Å². The van der Waals surface area contributed by atoms with Crippen LogP contribution in [0.1, 0.15) is 18.9 Å². The van der Waals surface area contributed by atoms with E-state index in [4.69, 9.17) is 10.5 Å². The fourth-order valence-electron chi connectivity index (χ4n) is 2.28. The van der Waals surface area contributed by atoms with Crippen LogP contribution in [0.25, 0.3) is 0 Å². The minimum atomic E-state index is 0.570. The van der Waals surface area contributed by atoms with Crippen molar-refractivity contribution in [2.75, 3.05) is 26.2 Å². The van der Waals surface area contributed by atoms with Crippen molar-refractivity contribution in [1.82, 2.24) is 4.90 Å². The second-order valence-corrected chi connectivity index (χ2v) is 4.89. The third kappa shape index (κ3) is 3.72. The lowest BCUT2D eigenvalue weighted by molar-refractivity contribution is 0.234. The molecular formula is C14H22N2O. The number of likely N-dealkylation sites (tertiary alicyclic amines) is 1. The number of rotatable bonds is 5. The Morgan fingerprint density at radius 1 is 1.47 bits per heavy atom. The fourth-order valence-corrected chi connectivity index (χ4v) is 2.28. The molecule has 0 spiro atoms. The van der Waals surface area contributed by atoms with E-state index in [-0.39, 0.29) is 0 Å². The van der Waals surface area contributed by atoms with Gasteiger partial charge in [0, 0.05) is 19.6 Å². The van der Waals surface area contributed by atoms with Gasteiger partial charge in [0.05, 0.1) is 0 Å². The molecule has 1 aliphatic rings. The van der Waals surface area contributed by atoms with Gasteiger partial charge in [-0.25, -0.2) is 0 Å². The lowest BCUT2D eigenvalue weighted by Crippen LogP contribution is -2.25. The van der Waals surface area contributed by atoms with Crippen LogP contribution in [0.15, 0.2) is 24.3 Å². The first-order valence-corrected chi connectivity index (χ1v) is 6.42. The van der Waals surface area contributed by atoms with Gasteiger partial charge in [-0.1, -0.05) is 19.1 Å². The highest BCUT2D eigenvalue weighted by molar-refractivity contribution is 5.28. The summed E-state index contributed by atoms with van der Waals surface area (Å²) in [5.41, 5.74) is 6.72. The highest BCUT2D eigenvalue weighted by Crippen LogP contribution is 2.15. The van der Waals surface area contributed by atoms with Crippen molar-refractivity contribution in [3.63, 3.8) is 0 Å². The van der Waals surface area contributed by atoms with Gasteiger partial charge in [0.15, 0.2) is 0 Å². The van der Waals surface area contributed by atoms with Gasteiger partial charge in [-0.15, -0.1) is 0 Å². The molecular weight excluding hydrogens is 212 g/mol. The Balaban J connectivity index is 1.74. The molecule has 1 heterocycles. The van der Waals surface area contributed by atoms with E-state index in [0.717, 1.165) is 30.4 Å². The van der Waals surface area contributed by atoms with Crippen molar-refractivity contribution in [3.05, 3.63) is 29.8 Å². The van der Waals surface area contributed by atoms with E-state index in [2.05, 4.69) is 11.8 Å². The summed E-state index contributed by atoms with van der Waals surface area (Å²) in [7, 11) is 0. The third-order valence-electron chi connectivity index (χ3n) is 3.32. The summed E-state index contributed by atoms with van der Waals surface area (Å²) < 4.78 is 5.75. The Hall–Kier alpha value is -1.06. The van der Waals surface area contributed by atoms with E-state index < -0.39 is 0 Å². The van der Waals surface area contributed by atoms with Crippen molar-refractivity contribution >= 4 is 0 Å². The average molecular weight is 234 g/mol. The molecule has 0 aliphatic carbocycles. The highest BCUT2D eigenvalue weighted by atomic mass is 16.5. The topological polar surface area (TPSA) is 38.5 Å². The maximum atomic E-state index is 5.75. The first-order chi connectivity index (χ1) is 8.28. The number of nitrogens with zero attached hydrogens (tertiary/aromatic N) is 1. The summed E-state index contributed by atoms with van der Waals surface area (Å²) >= 11 is 0. The Labute approximate surface area is 104 Å². The average Bonchev–Trinajstić information content (AvgIpc) is 2.75. The zero-order valence-corrected chi connectivity index (χ0v) is 10.6. The Morgan fingerprint density at radius 3 is 3.06 bits per heavy atom. The minimum absolute atomic E-state index is 0.570. The van der Waals surface area contributed by atoms with Crippen LogP contribution in [-0.4, -0.2) is 31.1 Å². The molecule has 3 heteroatoms. The van der Waals surface area contributed by atoms with Gasteiger partial charge in [-0.2, -0.15) is 0 Å². The van der Waals surface area contributed by atoms with Crippen LogP contribution in [0.5, 0.6) is 5.75 Å². The number of nitrogens with two attached hydrogens (primary N) is 1. The smallest absolute Gasteiger partial charge is 0.119 e. The molecule has 17 heavy (non-hydrogen) atoms. The third-order valence-corrected chi connectivity index (χ3v) is 3.32. The summed E-state index contributed by atoms with van der Waals surface area (Å²) in [6.45, 7) is 7.10. The van der Waals surface area contributed by atoms with Gasteiger partial charge in [0.1, 0.15) is 12.4 Å². The Kier molecular flexibility index (Phi) is 4.40. The van der Waals surface area contributed by atoms with Crippen LogP contribution in [0.4, 0.5) is 0 Å². The zero-order chi connectivity index (χ0) is 12.1. The molecule has 2 rings (SSSR count). The molecule has 1 aromatic carbocycles. The molecule has 0 radical (unpaired) electrons. The predicted molar refractivity (Wildman–Crippen MR) is 70.0 cm³/mol. The fraction of sp³-hybridized carbons (Fsp3) is 0.571.